The van der Waals surface area contributed by atoms with Crippen molar-refractivity contribution in [3.05, 3.63) is 155 Å². The third-order valence-corrected chi connectivity index (χ3v) is 8.13. The molecule has 1 heterocycles. The molecule has 0 spiro atoms. The smallest absolute Gasteiger partial charge is 0.330 e. The third kappa shape index (κ3) is 9.70. The highest BCUT2D eigenvalue weighted by Crippen LogP contribution is 2.39. The molecule has 1 aliphatic heterocycles. The van der Waals surface area contributed by atoms with Crippen molar-refractivity contribution in [2.24, 2.45) is 0 Å². The van der Waals surface area contributed by atoms with E-state index in [0.29, 0.717) is 6.61 Å². The molecule has 8 nitrogen and oxygen atoms in total. The minimum atomic E-state index is -2.10. The molecular formula is C40H44O8. The van der Waals surface area contributed by atoms with Gasteiger partial charge in [-0.1, -0.05) is 121 Å². The Bertz CT molecular complexity index is 1550. The van der Waals surface area contributed by atoms with Gasteiger partial charge in [-0.2, -0.15) is 0 Å². The fraction of sp³-hybridized carbons (Fsp3) is 0.325. The van der Waals surface area contributed by atoms with Crippen LogP contribution in [-0.4, -0.2) is 54.5 Å². The van der Waals surface area contributed by atoms with Crippen LogP contribution in [0.4, 0.5) is 0 Å². The largest absolute Gasteiger partial charge is 0.463 e. The standard InChI is InChI=1S/C40H44O8/c1-3-44-36(41)24-30(2)40(42)39(47-28-34-22-14-7-15-23-34)38(46-27-33-20-12-6-13-21-33)37(45-26-32-18-10-5-11-19-32)35(48-40)29-43-25-31-16-8-4-9-17-31/h4-24,35,37-39,42H,3,25-29H2,1-2H3/b30-24-/t35-,37-,38+,39-,40+/m1/s1. The monoisotopic (exact) mass is 652 g/mol. The fourth-order valence-corrected chi connectivity index (χ4v) is 5.63. The molecule has 0 saturated carbocycles. The van der Waals surface area contributed by atoms with Crippen LogP contribution in [0.1, 0.15) is 36.1 Å². The lowest BCUT2D eigenvalue weighted by Crippen LogP contribution is -2.67. The summed E-state index contributed by atoms with van der Waals surface area (Å²) in [6.07, 6.45) is -2.28. The van der Waals surface area contributed by atoms with Crippen LogP contribution in [-0.2, 0) is 59.6 Å². The molecule has 0 bridgehead atoms. The topological polar surface area (TPSA) is 92.7 Å². The van der Waals surface area contributed by atoms with E-state index in [1.54, 1.807) is 13.8 Å². The average molecular weight is 653 g/mol. The first-order valence-electron chi connectivity index (χ1n) is 16.3. The van der Waals surface area contributed by atoms with E-state index in [9.17, 15) is 9.90 Å². The van der Waals surface area contributed by atoms with Gasteiger partial charge in [0.15, 0.2) is 0 Å². The first-order valence-corrected chi connectivity index (χ1v) is 16.3. The van der Waals surface area contributed by atoms with Crippen LogP contribution in [0, 0.1) is 0 Å². The van der Waals surface area contributed by atoms with E-state index in [-0.39, 0.29) is 38.6 Å². The van der Waals surface area contributed by atoms with Gasteiger partial charge in [0.05, 0.1) is 39.6 Å². The van der Waals surface area contributed by atoms with E-state index < -0.39 is 36.2 Å². The second-order valence-corrected chi connectivity index (χ2v) is 11.7. The Morgan fingerprint density at radius 2 is 1.12 bits per heavy atom. The van der Waals surface area contributed by atoms with E-state index in [1.807, 2.05) is 121 Å². The molecule has 4 aromatic carbocycles. The Morgan fingerprint density at radius 3 is 1.60 bits per heavy atom. The summed E-state index contributed by atoms with van der Waals surface area (Å²) in [5, 5.41) is 12.5. The summed E-state index contributed by atoms with van der Waals surface area (Å²) in [6, 6.07) is 39.0. The highest BCUT2D eigenvalue weighted by atomic mass is 16.7. The summed E-state index contributed by atoms with van der Waals surface area (Å²) < 4.78 is 37.8. The van der Waals surface area contributed by atoms with Gasteiger partial charge in [0, 0.05) is 6.08 Å². The molecule has 252 valence electrons. The molecule has 1 saturated heterocycles. The molecule has 1 fully saturated rings. The molecule has 0 amide bonds. The van der Waals surface area contributed by atoms with E-state index in [2.05, 4.69) is 0 Å². The normalized spacial score (nSPS) is 22.7. The maximum Gasteiger partial charge on any atom is 0.330 e. The minimum Gasteiger partial charge on any atom is -0.463 e. The van der Waals surface area contributed by atoms with Crippen LogP contribution in [0.15, 0.2) is 133 Å². The lowest BCUT2D eigenvalue weighted by Gasteiger charge is -2.50. The van der Waals surface area contributed by atoms with E-state index in [1.165, 1.54) is 6.08 Å². The van der Waals surface area contributed by atoms with Gasteiger partial charge in [-0.15, -0.1) is 0 Å². The summed E-state index contributed by atoms with van der Waals surface area (Å²) in [5.41, 5.74) is 3.99. The van der Waals surface area contributed by atoms with Crippen LogP contribution < -0.4 is 0 Å². The maximum absolute atomic E-state index is 12.7. The second-order valence-electron chi connectivity index (χ2n) is 11.7. The molecule has 5 rings (SSSR count). The third-order valence-electron chi connectivity index (χ3n) is 8.13. The molecule has 0 aliphatic carbocycles. The highest BCUT2D eigenvalue weighted by Gasteiger charge is 2.57. The molecular weight excluding hydrogens is 608 g/mol. The van der Waals surface area contributed by atoms with Gasteiger partial charge in [-0.25, -0.2) is 4.79 Å². The molecule has 5 atom stereocenters. The van der Waals surface area contributed by atoms with E-state index in [0.717, 1.165) is 22.3 Å². The van der Waals surface area contributed by atoms with Gasteiger partial charge in [0.25, 0.3) is 0 Å². The Labute approximate surface area is 282 Å². The summed E-state index contributed by atoms with van der Waals surface area (Å²) >= 11 is 0. The van der Waals surface area contributed by atoms with Crippen molar-refractivity contribution in [1.82, 2.24) is 0 Å². The van der Waals surface area contributed by atoms with Crippen LogP contribution >= 0.6 is 0 Å². The van der Waals surface area contributed by atoms with Gasteiger partial charge < -0.3 is 33.5 Å². The molecule has 0 unspecified atom stereocenters. The summed E-state index contributed by atoms with van der Waals surface area (Å²) in [6.45, 7) is 4.55. The zero-order valence-corrected chi connectivity index (χ0v) is 27.5. The highest BCUT2D eigenvalue weighted by molar-refractivity contribution is 5.83. The van der Waals surface area contributed by atoms with Crippen LogP contribution in [0.5, 0.6) is 0 Å². The zero-order chi connectivity index (χ0) is 33.6. The lowest BCUT2D eigenvalue weighted by atomic mass is 9.87. The van der Waals surface area contributed by atoms with Crippen molar-refractivity contribution in [3.8, 4) is 0 Å². The Balaban J connectivity index is 1.53. The average Bonchev–Trinajstić information content (AvgIpc) is 3.11. The van der Waals surface area contributed by atoms with Gasteiger partial charge in [-0.05, 0) is 41.7 Å². The molecule has 1 aliphatic rings. The lowest BCUT2D eigenvalue weighted by molar-refractivity contribution is -0.355. The first-order chi connectivity index (χ1) is 23.5. The zero-order valence-electron chi connectivity index (χ0n) is 27.5. The summed E-state index contributed by atoms with van der Waals surface area (Å²) in [4.78, 5) is 12.7. The number of esters is 1. The quantitative estimate of drug-likeness (QED) is 0.108. The molecule has 8 heteroatoms. The van der Waals surface area contributed by atoms with Crippen molar-refractivity contribution >= 4 is 5.97 Å². The number of carbonyl (C=O) groups is 1. The predicted molar refractivity (Wildman–Crippen MR) is 181 cm³/mol. The van der Waals surface area contributed by atoms with Gasteiger partial charge >= 0.3 is 5.97 Å². The maximum atomic E-state index is 12.7. The SMILES string of the molecule is CCOC(=O)/C=C(/C)[C@]1(O)O[C@H](COCc2ccccc2)[C@@H](OCc2ccccc2)[C@H](OCc2ccccc2)[C@H]1OCc1ccccc1. The number of aliphatic hydroxyl groups is 1. The van der Waals surface area contributed by atoms with Crippen molar-refractivity contribution < 1.29 is 38.3 Å². The van der Waals surface area contributed by atoms with Crippen LogP contribution in [0.3, 0.4) is 0 Å². The Morgan fingerprint density at radius 1 is 0.688 bits per heavy atom. The number of hydrogen-bond acceptors (Lipinski definition) is 8. The molecule has 4 aromatic rings. The Hall–Kier alpha value is -4.15. The van der Waals surface area contributed by atoms with Crippen molar-refractivity contribution in [1.29, 1.82) is 0 Å². The number of rotatable bonds is 16. The van der Waals surface area contributed by atoms with Crippen molar-refractivity contribution in [2.75, 3.05) is 13.2 Å². The number of benzene rings is 4. The summed E-state index contributed by atoms with van der Waals surface area (Å²) in [7, 11) is 0. The second kappa shape index (κ2) is 17.8. The minimum absolute atomic E-state index is 0.0694. The van der Waals surface area contributed by atoms with Crippen molar-refractivity contribution in [2.45, 2.75) is 70.5 Å². The summed E-state index contributed by atoms with van der Waals surface area (Å²) in [5.74, 6) is -2.70. The predicted octanol–water partition coefficient (Wildman–Crippen LogP) is 6.56. The molecule has 0 aromatic heterocycles. The number of hydrogen-bond donors (Lipinski definition) is 1. The Kier molecular flexibility index (Phi) is 13.1. The van der Waals surface area contributed by atoms with Gasteiger partial charge in [0.1, 0.15) is 24.4 Å². The molecule has 48 heavy (non-hydrogen) atoms. The van der Waals surface area contributed by atoms with E-state index >= 15 is 0 Å². The number of carbonyl (C=O) groups excluding carboxylic acids is 1. The first kappa shape index (κ1) is 35.2. The molecule has 0 radical (unpaired) electrons. The van der Waals surface area contributed by atoms with Crippen molar-refractivity contribution in [3.63, 3.8) is 0 Å². The fourth-order valence-electron chi connectivity index (χ4n) is 5.63. The van der Waals surface area contributed by atoms with Gasteiger partial charge in [-0.3, -0.25) is 0 Å². The van der Waals surface area contributed by atoms with Crippen LogP contribution in [0.2, 0.25) is 0 Å². The van der Waals surface area contributed by atoms with E-state index in [4.69, 9.17) is 28.4 Å². The number of ether oxygens (including phenoxy) is 6. The van der Waals surface area contributed by atoms with Crippen LogP contribution in [0.25, 0.3) is 0 Å². The molecule has 1 N–H and O–H groups in total. The van der Waals surface area contributed by atoms with Gasteiger partial charge in [0.2, 0.25) is 5.79 Å².